The molecule has 0 aromatic rings. The Bertz CT molecular complexity index is 369. The summed E-state index contributed by atoms with van der Waals surface area (Å²) in [6, 6.07) is 2.39. The maximum absolute atomic E-state index is 12.4. The molecule has 4 aliphatic carbocycles. The summed E-state index contributed by atoms with van der Waals surface area (Å²) in [4.78, 5) is 12.4. The third-order valence-corrected chi connectivity index (χ3v) is 5.68. The van der Waals surface area contributed by atoms with Gasteiger partial charge in [-0.2, -0.15) is 5.26 Å². The van der Waals surface area contributed by atoms with Crippen LogP contribution in [0.15, 0.2) is 0 Å². The maximum atomic E-state index is 12.4. The summed E-state index contributed by atoms with van der Waals surface area (Å²) in [5.74, 6) is 2.30. The predicted octanol–water partition coefficient (Wildman–Crippen LogP) is 3.57. The van der Waals surface area contributed by atoms with Gasteiger partial charge in [-0.3, -0.25) is 4.79 Å². The van der Waals surface area contributed by atoms with Crippen LogP contribution in [-0.4, -0.2) is 5.78 Å². The molecule has 0 N–H and O–H groups in total. The topological polar surface area (TPSA) is 40.9 Å². The van der Waals surface area contributed by atoms with Crippen molar-refractivity contribution in [2.75, 3.05) is 0 Å². The Morgan fingerprint density at radius 1 is 1.11 bits per heavy atom. The molecule has 4 aliphatic rings. The molecule has 2 heteroatoms. The average molecular weight is 245 g/mol. The Kier molecular flexibility index (Phi) is 2.77. The molecular weight excluding hydrogens is 222 g/mol. The van der Waals surface area contributed by atoms with Crippen molar-refractivity contribution in [1.82, 2.24) is 0 Å². The molecule has 98 valence electrons. The minimum absolute atomic E-state index is 0.00246. The Labute approximate surface area is 110 Å². The summed E-state index contributed by atoms with van der Waals surface area (Å²) < 4.78 is 0. The summed E-state index contributed by atoms with van der Waals surface area (Å²) in [6.07, 6.45) is 7.55. The fraction of sp³-hybridized carbons (Fsp3) is 0.875. The molecule has 18 heavy (non-hydrogen) atoms. The molecule has 4 rings (SSSR count). The van der Waals surface area contributed by atoms with Gasteiger partial charge in [0.1, 0.15) is 5.92 Å². The van der Waals surface area contributed by atoms with Gasteiger partial charge in [0.25, 0.3) is 0 Å². The first kappa shape index (κ1) is 12.2. The van der Waals surface area contributed by atoms with E-state index in [2.05, 4.69) is 6.07 Å². The minimum Gasteiger partial charge on any atom is -0.298 e. The summed E-state index contributed by atoms with van der Waals surface area (Å²) in [6.45, 7) is 3.88. The SMILES string of the molecule is CC(C)C(=O)C(C#N)C12CC3CC(CC(C3)C1)C2. The molecule has 2 nitrogen and oxygen atoms in total. The van der Waals surface area contributed by atoms with Crippen LogP contribution >= 0.6 is 0 Å². The summed E-state index contributed by atoms with van der Waals surface area (Å²) in [7, 11) is 0. The second-order valence-electron chi connectivity index (χ2n) is 7.40. The first-order chi connectivity index (χ1) is 8.54. The second-order valence-corrected chi connectivity index (χ2v) is 7.40. The molecule has 0 aromatic heterocycles. The van der Waals surface area contributed by atoms with Crippen molar-refractivity contribution < 1.29 is 4.79 Å². The lowest BCUT2D eigenvalue weighted by molar-refractivity contribution is -0.136. The zero-order chi connectivity index (χ0) is 12.9. The Hall–Kier alpha value is -0.840. The Morgan fingerprint density at radius 2 is 1.56 bits per heavy atom. The van der Waals surface area contributed by atoms with Crippen molar-refractivity contribution in [2.24, 2.45) is 35.0 Å². The number of hydrogen-bond acceptors (Lipinski definition) is 2. The van der Waals surface area contributed by atoms with Crippen LogP contribution in [0.2, 0.25) is 0 Å². The van der Waals surface area contributed by atoms with Crippen LogP contribution in [0.4, 0.5) is 0 Å². The zero-order valence-corrected chi connectivity index (χ0v) is 11.5. The molecule has 4 bridgehead atoms. The van der Waals surface area contributed by atoms with Gasteiger partial charge in [-0.15, -0.1) is 0 Å². The monoisotopic (exact) mass is 245 g/mol. The van der Waals surface area contributed by atoms with Gasteiger partial charge in [0, 0.05) is 5.92 Å². The third kappa shape index (κ3) is 1.71. The van der Waals surface area contributed by atoms with E-state index in [4.69, 9.17) is 0 Å². The standard InChI is InChI=1S/C16H23NO/c1-10(2)15(18)14(9-17)16-6-11-3-12(7-16)5-13(4-11)8-16/h10-14H,3-8H2,1-2H3. The highest BCUT2D eigenvalue weighted by molar-refractivity contribution is 5.85. The van der Waals surface area contributed by atoms with Gasteiger partial charge in [-0.1, -0.05) is 13.8 Å². The van der Waals surface area contributed by atoms with E-state index in [-0.39, 0.29) is 23.0 Å². The molecule has 0 amide bonds. The van der Waals surface area contributed by atoms with E-state index in [1.165, 1.54) is 19.3 Å². The molecule has 0 aliphatic heterocycles. The van der Waals surface area contributed by atoms with E-state index in [9.17, 15) is 10.1 Å². The first-order valence-corrected chi connectivity index (χ1v) is 7.47. The Morgan fingerprint density at radius 3 is 1.89 bits per heavy atom. The fourth-order valence-corrected chi connectivity index (χ4v) is 5.37. The van der Waals surface area contributed by atoms with Gasteiger partial charge in [0.15, 0.2) is 5.78 Å². The molecule has 4 saturated carbocycles. The van der Waals surface area contributed by atoms with Gasteiger partial charge >= 0.3 is 0 Å². The lowest BCUT2D eigenvalue weighted by atomic mass is 9.46. The van der Waals surface area contributed by atoms with Gasteiger partial charge in [-0.05, 0) is 61.7 Å². The molecule has 1 unspecified atom stereocenters. The van der Waals surface area contributed by atoms with Gasteiger partial charge in [0.2, 0.25) is 0 Å². The number of ketones is 1. The number of hydrogen-bond donors (Lipinski definition) is 0. The van der Waals surface area contributed by atoms with Crippen molar-refractivity contribution >= 4 is 5.78 Å². The quantitative estimate of drug-likeness (QED) is 0.762. The summed E-state index contributed by atoms with van der Waals surface area (Å²) in [5.41, 5.74) is 0.0604. The number of rotatable bonds is 3. The van der Waals surface area contributed by atoms with Crippen LogP contribution in [0.3, 0.4) is 0 Å². The predicted molar refractivity (Wildman–Crippen MR) is 69.6 cm³/mol. The largest absolute Gasteiger partial charge is 0.298 e. The van der Waals surface area contributed by atoms with Crippen LogP contribution in [0, 0.1) is 46.3 Å². The molecule has 0 heterocycles. The molecule has 0 spiro atoms. The van der Waals surface area contributed by atoms with Crippen LogP contribution in [0.25, 0.3) is 0 Å². The van der Waals surface area contributed by atoms with E-state index in [1.54, 1.807) is 0 Å². The summed E-state index contributed by atoms with van der Waals surface area (Å²) in [5, 5.41) is 9.53. The van der Waals surface area contributed by atoms with Crippen molar-refractivity contribution in [3.8, 4) is 6.07 Å². The highest BCUT2D eigenvalue weighted by Gasteiger charge is 2.56. The van der Waals surface area contributed by atoms with Crippen molar-refractivity contribution in [3.05, 3.63) is 0 Å². The van der Waals surface area contributed by atoms with E-state index in [0.717, 1.165) is 37.0 Å². The number of carbonyl (C=O) groups is 1. The third-order valence-electron chi connectivity index (χ3n) is 5.68. The second kappa shape index (κ2) is 4.08. The molecular formula is C16H23NO. The number of nitrogens with zero attached hydrogens (tertiary/aromatic N) is 1. The molecule has 0 saturated heterocycles. The molecule has 0 aromatic carbocycles. The van der Waals surface area contributed by atoms with Crippen LogP contribution in [0.1, 0.15) is 52.4 Å². The van der Waals surface area contributed by atoms with Crippen LogP contribution in [-0.2, 0) is 4.79 Å². The summed E-state index contributed by atoms with van der Waals surface area (Å²) >= 11 is 0. The highest BCUT2D eigenvalue weighted by atomic mass is 16.1. The van der Waals surface area contributed by atoms with Gasteiger partial charge < -0.3 is 0 Å². The Balaban J connectivity index is 1.90. The van der Waals surface area contributed by atoms with E-state index >= 15 is 0 Å². The van der Waals surface area contributed by atoms with Crippen molar-refractivity contribution in [1.29, 1.82) is 5.26 Å². The normalized spacial score (nSPS) is 42.9. The average Bonchev–Trinajstić information content (AvgIpc) is 2.27. The van der Waals surface area contributed by atoms with Crippen molar-refractivity contribution in [3.63, 3.8) is 0 Å². The minimum atomic E-state index is -0.328. The fourth-order valence-electron chi connectivity index (χ4n) is 5.37. The van der Waals surface area contributed by atoms with Gasteiger partial charge in [-0.25, -0.2) is 0 Å². The van der Waals surface area contributed by atoms with E-state index in [0.29, 0.717) is 0 Å². The molecule has 1 atom stereocenters. The lowest BCUT2D eigenvalue weighted by Crippen LogP contribution is -2.51. The maximum Gasteiger partial charge on any atom is 0.153 e. The molecule has 0 radical (unpaired) electrons. The highest BCUT2D eigenvalue weighted by Crippen LogP contribution is 2.62. The van der Waals surface area contributed by atoms with Crippen LogP contribution in [0.5, 0.6) is 0 Å². The number of Topliss-reactive ketones (excluding diaryl/α,β-unsaturated/α-hetero) is 1. The smallest absolute Gasteiger partial charge is 0.153 e. The lowest BCUT2D eigenvalue weighted by Gasteiger charge is -2.58. The zero-order valence-electron chi connectivity index (χ0n) is 11.5. The molecule has 4 fully saturated rings. The van der Waals surface area contributed by atoms with Crippen molar-refractivity contribution in [2.45, 2.75) is 52.4 Å². The van der Waals surface area contributed by atoms with Crippen LogP contribution < -0.4 is 0 Å². The van der Waals surface area contributed by atoms with Gasteiger partial charge in [0.05, 0.1) is 6.07 Å². The number of carbonyl (C=O) groups excluding carboxylic acids is 1. The van der Waals surface area contributed by atoms with E-state index in [1.807, 2.05) is 13.8 Å². The first-order valence-electron chi connectivity index (χ1n) is 7.47. The number of nitriles is 1. The van der Waals surface area contributed by atoms with E-state index < -0.39 is 0 Å².